The van der Waals surface area contributed by atoms with E-state index in [-0.39, 0.29) is 0 Å². The number of nitrogens with zero attached hydrogens (tertiary/aromatic N) is 2. The number of aromatic nitrogens is 2. The normalized spacial score (nSPS) is 12.0. The zero-order valence-corrected chi connectivity index (χ0v) is 18.9. The van der Waals surface area contributed by atoms with Crippen molar-refractivity contribution in [3.8, 4) is 5.69 Å². The summed E-state index contributed by atoms with van der Waals surface area (Å²) in [6.45, 7) is 0. The number of hydrogen-bond acceptors (Lipinski definition) is 1. The van der Waals surface area contributed by atoms with E-state index in [4.69, 9.17) is 0 Å². The van der Waals surface area contributed by atoms with Crippen LogP contribution in [0.1, 0.15) is 0 Å². The average molecular weight is 445 g/mol. The third-order valence-electron chi connectivity index (χ3n) is 7.42. The standard InChI is InChI=1S/C33H20N2/c1-2-10-23-21(8-1)15-16-28-31-18-29-26-13-5-3-11-24(26)25-12-4-6-14-27(25)30(29)19-32(31)35(33(23)28)22-9-7-17-34-20-22/h1-20H. The van der Waals surface area contributed by atoms with Crippen molar-refractivity contribution in [3.05, 3.63) is 122 Å². The molecule has 0 aliphatic carbocycles. The summed E-state index contributed by atoms with van der Waals surface area (Å²) in [5, 5.41) is 12.8. The maximum Gasteiger partial charge on any atom is 0.0645 e. The van der Waals surface area contributed by atoms with Crippen LogP contribution in [0.3, 0.4) is 0 Å². The summed E-state index contributed by atoms with van der Waals surface area (Å²) in [5.74, 6) is 0. The quantitative estimate of drug-likeness (QED) is 0.231. The summed E-state index contributed by atoms with van der Waals surface area (Å²) in [6.07, 6.45) is 3.80. The molecule has 8 aromatic rings. The van der Waals surface area contributed by atoms with Crippen LogP contribution in [-0.2, 0) is 0 Å². The summed E-state index contributed by atoms with van der Waals surface area (Å²) >= 11 is 0. The van der Waals surface area contributed by atoms with E-state index >= 15 is 0 Å². The Morgan fingerprint density at radius 1 is 0.457 bits per heavy atom. The van der Waals surface area contributed by atoms with Crippen molar-refractivity contribution in [2.75, 3.05) is 0 Å². The molecule has 0 atom stereocenters. The lowest BCUT2D eigenvalue weighted by Gasteiger charge is -2.12. The monoisotopic (exact) mass is 444 g/mol. The minimum Gasteiger partial charge on any atom is -0.307 e. The molecule has 2 heterocycles. The molecule has 0 aliphatic heterocycles. The number of fused-ring (bicyclic) bond motifs is 11. The predicted molar refractivity (Wildman–Crippen MR) is 149 cm³/mol. The molecule has 0 saturated heterocycles. The molecule has 0 saturated carbocycles. The average Bonchev–Trinajstić information content (AvgIpc) is 3.27. The van der Waals surface area contributed by atoms with E-state index in [0.717, 1.165) is 5.69 Å². The molecule has 6 aromatic carbocycles. The second kappa shape index (κ2) is 6.91. The van der Waals surface area contributed by atoms with Crippen molar-refractivity contribution >= 4 is 64.9 Å². The van der Waals surface area contributed by atoms with Crippen LogP contribution < -0.4 is 0 Å². The lowest BCUT2D eigenvalue weighted by atomic mass is 9.93. The molecule has 0 N–H and O–H groups in total. The smallest absolute Gasteiger partial charge is 0.0645 e. The Kier molecular flexibility index (Phi) is 3.69. The largest absolute Gasteiger partial charge is 0.307 e. The maximum absolute atomic E-state index is 4.47. The molecule has 35 heavy (non-hydrogen) atoms. The van der Waals surface area contributed by atoms with Crippen molar-refractivity contribution in [1.29, 1.82) is 0 Å². The van der Waals surface area contributed by atoms with Gasteiger partial charge in [0.1, 0.15) is 0 Å². The summed E-state index contributed by atoms with van der Waals surface area (Å²) in [7, 11) is 0. The zero-order valence-electron chi connectivity index (χ0n) is 18.9. The van der Waals surface area contributed by atoms with Gasteiger partial charge in [0.25, 0.3) is 0 Å². The first-order valence-corrected chi connectivity index (χ1v) is 12.0. The van der Waals surface area contributed by atoms with Crippen LogP contribution in [-0.4, -0.2) is 9.55 Å². The van der Waals surface area contributed by atoms with Gasteiger partial charge in [-0.05, 0) is 62.0 Å². The van der Waals surface area contributed by atoms with Gasteiger partial charge in [0, 0.05) is 22.4 Å². The highest BCUT2D eigenvalue weighted by atomic mass is 15.0. The highest BCUT2D eigenvalue weighted by Gasteiger charge is 2.18. The molecule has 2 nitrogen and oxygen atoms in total. The first-order chi connectivity index (χ1) is 17.4. The number of pyridine rings is 1. The molecule has 0 fully saturated rings. The third-order valence-corrected chi connectivity index (χ3v) is 7.42. The van der Waals surface area contributed by atoms with Gasteiger partial charge < -0.3 is 4.57 Å². The van der Waals surface area contributed by atoms with Crippen molar-refractivity contribution in [1.82, 2.24) is 9.55 Å². The van der Waals surface area contributed by atoms with E-state index in [0.29, 0.717) is 0 Å². The van der Waals surface area contributed by atoms with Gasteiger partial charge in [-0.25, -0.2) is 0 Å². The molecule has 2 heteroatoms. The molecule has 0 radical (unpaired) electrons. The lowest BCUT2D eigenvalue weighted by Crippen LogP contribution is -1.95. The van der Waals surface area contributed by atoms with Crippen molar-refractivity contribution in [2.45, 2.75) is 0 Å². The van der Waals surface area contributed by atoms with Crippen LogP contribution >= 0.6 is 0 Å². The minimum absolute atomic E-state index is 1.08. The van der Waals surface area contributed by atoms with Gasteiger partial charge in [0.2, 0.25) is 0 Å². The first kappa shape index (κ1) is 18.7. The van der Waals surface area contributed by atoms with Crippen molar-refractivity contribution in [3.63, 3.8) is 0 Å². The Morgan fingerprint density at radius 3 is 1.77 bits per heavy atom. The Labute approximate surface area is 201 Å². The fraction of sp³-hybridized carbons (Fsp3) is 0. The number of rotatable bonds is 1. The van der Waals surface area contributed by atoms with Gasteiger partial charge >= 0.3 is 0 Å². The van der Waals surface area contributed by atoms with Gasteiger partial charge in [-0.1, -0.05) is 84.9 Å². The second-order valence-electron chi connectivity index (χ2n) is 9.24. The molecule has 162 valence electrons. The zero-order chi connectivity index (χ0) is 22.9. The predicted octanol–water partition coefficient (Wildman–Crippen LogP) is 8.79. The van der Waals surface area contributed by atoms with E-state index < -0.39 is 0 Å². The number of hydrogen-bond donors (Lipinski definition) is 0. The fourth-order valence-electron chi connectivity index (χ4n) is 5.93. The van der Waals surface area contributed by atoms with Gasteiger partial charge in [-0.3, -0.25) is 4.98 Å². The van der Waals surface area contributed by atoms with Crippen LogP contribution in [0.5, 0.6) is 0 Å². The molecule has 0 amide bonds. The van der Waals surface area contributed by atoms with Crippen molar-refractivity contribution < 1.29 is 0 Å². The van der Waals surface area contributed by atoms with E-state index in [2.05, 4.69) is 113 Å². The Bertz CT molecular complexity index is 2100. The SMILES string of the molecule is c1cncc(-n2c3cc4c5ccccc5c5ccccc5c4cc3c3ccc4ccccc4c32)c1. The number of benzene rings is 6. The van der Waals surface area contributed by atoms with E-state index in [9.17, 15) is 0 Å². The molecule has 0 unspecified atom stereocenters. The molecule has 8 rings (SSSR count). The molecule has 2 aromatic heterocycles. The Hall–Kier alpha value is -4.69. The minimum atomic E-state index is 1.08. The van der Waals surface area contributed by atoms with Crippen LogP contribution in [0.15, 0.2) is 122 Å². The van der Waals surface area contributed by atoms with Gasteiger partial charge in [-0.2, -0.15) is 0 Å². The second-order valence-corrected chi connectivity index (χ2v) is 9.24. The molecule has 0 bridgehead atoms. The van der Waals surface area contributed by atoms with Crippen molar-refractivity contribution in [2.24, 2.45) is 0 Å². The first-order valence-electron chi connectivity index (χ1n) is 12.0. The lowest BCUT2D eigenvalue weighted by molar-refractivity contribution is 1.15. The topological polar surface area (TPSA) is 17.8 Å². The Balaban J connectivity index is 1.69. The highest BCUT2D eigenvalue weighted by molar-refractivity contribution is 6.29. The fourth-order valence-corrected chi connectivity index (χ4v) is 5.93. The van der Waals surface area contributed by atoms with Gasteiger partial charge in [0.05, 0.1) is 22.9 Å². The maximum atomic E-state index is 4.47. The van der Waals surface area contributed by atoms with E-state index in [1.807, 2.05) is 18.5 Å². The molecular formula is C33H20N2. The van der Waals surface area contributed by atoms with E-state index in [1.165, 1.54) is 64.9 Å². The Morgan fingerprint density at radius 2 is 1.09 bits per heavy atom. The van der Waals surface area contributed by atoms with Crippen LogP contribution in [0, 0.1) is 0 Å². The molecule has 0 spiro atoms. The van der Waals surface area contributed by atoms with E-state index in [1.54, 1.807) is 0 Å². The van der Waals surface area contributed by atoms with Crippen LogP contribution in [0.4, 0.5) is 0 Å². The highest BCUT2D eigenvalue weighted by Crippen LogP contribution is 2.42. The summed E-state index contributed by atoms with van der Waals surface area (Å²) in [5.41, 5.74) is 3.51. The summed E-state index contributed by atoms with van der Waals surface area (Å²) in [6, 6.07) is 39.7. The molecule has 0 aliphatic rings. The van der Waals surface area contributed by atoms with Gasteiger partial charge in [0.15, 0.2) is 0 Å². The van der Waals surface area contributed by atoms with Crippen LogP contribution in [0.2, 0.25) is 0 Å². The molecular weight excluding hydrogens is 424 g/mol. The summed E-state index contributed by atoms with van der Waals surface area (Å²) < 4.78 is 2.39. The third kappa shape index (κ3) is 2.51. The summed E-state index contributed by atoms with van der Waals surface area (Å²) in [4.78, 5) is 4.47. The van der Waals surface area contributed by atoms with Crippen LogP contribution in [0.25, 0.3) is 70.6 Å². The van der Waals surface area contributed by atoms with Gasteiger partial charge in [-0.15, -0.1) is 0 Å².